The first kappa shape index (κ1) is 30.5. The molecule has 0 aliphatic heterocycles. The molecule has 0 spiro atoms. The Morgan fingerprint density at radius 1 is 0.930 bits per heavy atom. The molecule has 0 unspecified atom stereocenters. The number of anilines is 2. The molecule has 0 atom stereocenters. The predicted molar refractivity (Wildman–Crippen MR) is 175 cm³/mol. The van der Waals surface area contributed by atoms with Gasteiger partial charge < -0.3 is 15.3 Å². The maximum Gasteiger partial charge on any atom is 0.305 e. The van der Waals surface area contributed by atoms with E-state index in [1.165, 1.54) is 43.2 Å². The van der Waals surface area contributed by atoms with Crippen LogP contribution in [0.15, 0.2) is 78.2 Å². The minimum atomic E-state index is -0.935. The zero-order chi connectivity index (χ0) is 30.4. The fourth-order valence-corrected chi connectivity index (χ4v) is 6.48. The summed E-state index contributed by atoms with van der Waals surface area (Å²) in [5, 5.41) is 14.5. The largest absolute Gasteiger partial charge is 0.481 e. The van der Waals surface area contributed by atoms with E-state index in [0.717, 1.165) is 27.6 Å². The van der Waals surface area contributed by atoms with E-state index in [-0.39, 0.29) is 24.3 Å². The van der Waals surface area contributed by atoms with Gasteiger partial charge in [0.2, 0.25) is 0 Å². The Balaban J connectivity index is 1.39. The number of carbonyl (C=O) groups excluding carboxylic acids is 1. The minimum Gasteiger partial charge on any atom is -0.481 e. The molecule has 1 heterocycles. The summed E-state index contributed by atoms with van der Waals surface area (Å²) in [6, 6.07) is 25.2. The van der Waals surface area contributed by atoms with Gasteiger partial charge in [-0.2, -0.15) is 0 Å². The summed E-state index contributed by atoms with van der Waals surface area (Å²) in [4.78, 5) is 30.5. The normalized spacial score (nSPS) is 13.9. The molecule has 1 amide bonds. The summed E-state index contributed by atoms with van der Waals surface area (Å²) in [7, 11) is 0. The summed E-state index contributed by atoms with van der Waals surface area (Å²) in [5.74, 6) is -0.562. The number of thiazole rings is 1. The van der Waals surface area contributed by atoms with Gasteiger partial charge in [-0.1, -0.05) is 88.6 Å². The van der Waals surface area contributed by atoms with Gasteiger partial charge in [0.1, 0.15) is 0 Å². The van der Waals surface area contributed by atoms with Crippen molar-refractivity contribution < 1.29 is 14.7 Å². The van der Waals surface area contributed by atoms with Gasteiger partial charge in [0.15, 0.2) is 5.13 Å². The average Bonchev–Trinajstić information content (AvgIpc) is 3.50. The molecular formula is C36H41N3O3S. The molecule has 4 aromatic rings. The second-order valence-corrected chi connectivity index (χ2v) is 13.3. The number of amides is 1. The molecule has 0 saturated heterocycles. The molecule has 1 aliphatic rings. The Hall–Kier alpha value is -3.97. The fraction of sp³-hybridized carbons (Fsp3) is 0.361. The molecule has 6 nitrogen and oxygen atoms in total. The fourth-order valence-electron chi connectivity index (χ4n) is 5.62. The standard InChI is InChI=1S/C36H41N3O3S/c1-36(2,3)30-17-13-28(14-18-30)32-24-43-35(38-32)39(31-19-15-27(16-20-31)26-7-5-4-6-8-26)23-25-9-11-29(12-10-25)34(42)37-22-21-33(40)41/h9-20,24,26H,4-8,21-23H2,1-3H3,(H,37,42)(H,40,41). The summed E-state index contributed by atoms with van der Waals surface area (Å²) in [6.45, 7) is 7.36. The topological polar surface area (TPSA) is 82.5 Å². The number of nitrogens with zero attached hydrogens (tertiary/aromatic N) is 2. The highest BCUT2D eigenvalue weighted by molar-refractivity contribution is 7.14. The van der Waals surface area contributed by atoms with Crippen molar-refractivity contribution in [1.29, 1.82) is 0 Å². The van der Waals surface area contributed by atoms with Crippen molar-refractivity contribution in [1.82, 2.24) is 10.3 Å². The molecule has 7 heteroatoms. The van der Waals surface area contributed by atoms with Gasteiger partial charge in [-0.15, -0.1) is 11.3 Å². The van der Waals surface area contributed by atoms with Crippen molar-refractivity contribution in [3.8, 4) is 11.3 Å². The van der Waals surface area contributed by atoms with Crippen LogP contribution in [0.5, 0.6) is 0 Å². The Labute approximate surface area is 258 Å². The lowest BCUT2D eigenvalue weighted by atomic mass is 9.84. The third kappa shape index (κ3) is 7.90. The van der Waals surface area contributed by atoms with Gasteiger partial charge in [-0.3, -0.25) is 9.59 Å². The van der Waals surface area contributed by atoms with Crippen molar-refractivity contribution in [3.05, 3.63) is 100 Å². The smallest absolute Gasteiger partial charge is 0.305 e. The van der Waals surface area contributed by atoms with Gasteiger partial charge in [0.05, 0.1) is 18.7 Å². The van der Waals surface area contributed by atoms with Crippen molar-refractivity contribution in [2.24, 2.45) is 0 Å². The maximum atomic E-state index is 12.5. The lowest BCUT2D eigenvalue weighted by Crippen LogP contribution is -2.26. The van der Waals surface area contributed by atoms with E-state index in [2.05, 4.69) is 84.9 Å². The first-order chi connectivity index (χ1) is 20.7. The van der Waals surface area contributed by atoms with Gasteiger partial charge in [0, 0.05) is 28.7 Å². The SMILES string of the molecule is CC(C)(C)c1ccc(-c2csc(N(Cc3ccc(C(=O)NCCC(=O)O)cc3)c3ccc(C4CCCCC4)cc3)n2)cc1. The van der Waals surface area contributed by atoms with Crippen molar-refractivity contribution in [3.63, 3.8) is 0 Å². The lowest BCUT2D eigenvalue weighted by Gasteiger charge is -2.25. The number of hydrogen-bond donors (Lipinski definition) is 2. The highest BCUT2D eigenvalue weighted by Gasteiger charge is 2.19. The molecular weight excluding hydrogens is 554 g/mol. The number of carboxylic acid groups (broad SMARTS) is 1. The number of aromatic nitrogens is 1. The number of hydrogen-bond acceptors (Lipinski definition) is 5. The number of carbonyl (C=O) groups is 2. The first-order valence-electron chi connectivity index (χ1n) is 15.2. The van der Waals surface area contributed by atoms with Crippen molar-refractivity contribution >= 4 is 34.0 Å². The Kier molecular flexibility index (Phi) is 9.61. The summed E-state index contributed by atoms with van der Waals surface area (Å²) in [5.41, 5.74) is 7.50. The van der Waals surface area contributed by atoms with E-state index in [1.54, 1.807) is 23.5 Å². The zero-order valence-electron chi connectivity index (χ0n) is 25.3. The van der Waals surface area contributed by atoms with Gasteiger partial charge in [-0.25, -0.2) is 4.98 Å². The van der Waals surface area contributed by atoms with Crippen molar-refractivity contribution in [2.45, 2.75) is 77.2 Å². The Morgan fingerprint density at radius 2 is 1.60 bits per heavy atom. The number of rotatable bonds is 10. The molecule has 224 valence electrons. The van der Waals surface area contributed by atoms with Crippen LogP contribution in [0.3, 0.4) is 0 Å². The monoisotopic (exact) mass is 595 g/mol. The molecule has 5 rings (SSSR count). The molecule has 3 aromatic carbocycles. The lowest BCUT2D eigenvalue weighted by molar-refractivity contribution is -0.136. The molecule has 43 heavy (non-hydrogen) atoms. The maximum absolute atomic E-state index is 12.5. The number of nitrogens with one attached hydrogen (secondary N) is 1. The number of carboxylic acids is 1. The van der Waals surface area contributed by atoms with Gasteiger partial charge >= 0.3 is 5.97 Å². The Morgan fingerprint density at radius 3 is 2.23 bits per heavy atom. The number of benzene rings is 3. The summed E-state index contributed by atoms with van der Waals surface area (Å²) in [6.07, 6.45) is 6.40. The summed E-state index contributed by atoms with van der Waals surface area (Å²) >= 11 is 1.63. The van der Waals surface area contributed by atoms with Crippen LogP contribution < -0.4 is 10.2 Å². The van der Waals surface area contributed by atoms with Gasteiger partial charge in [0.25, 0.3) is 5.91 Å². The van der Waals surface area contributed by atoms with E-state index in [4.69, 9.17) is 10.1 Å². The predicted octanol–water partition coefficient (Wildman–Crippen LogP) is 8.70. The van der Waals surface area contributed by atoms with Crippen LogP contribution in [0.4, 0.5) is 10.8 Å². The number of aliphatic carboxylic acids is 1. The summed E-state index contributed by atoms with van der Waals surface area (Å²) < 4.78 is 0. The Bertz CT molecular complexity index is 1510. The molecule has 0 radical (unpaired) electrons. The zero-order valence-corrected chi connectivity index (χ0v) is 26.1. The third-order valence-corrected chi connectivity index (χ3v) is 9.10. The van der Waals surface area contributed by atoms with Crippen LogP contribution in [0.25, 0.3) is 11.3 Å². The van der Waals surface area contributed by atoms with E-state index in [0.29, 0.717) is 18.0 Å². The second-order valence-electron chi connectivity index (χ2n) is 12.5. The molecule has 1 fully saturated rings. The second kappa shape index (κ2) is 13.6. The molecule has 2 N–H and O–H groups in total. The van der Waals surface area contributed by atoms with Crippen molar-refractivity contribution in [2.75, 3.05) is 11.4 Å². The van der Waals surface area contributed by atoms with Crippen LogP contribution in [0, 0.1) is 0 Å². The average molecular weight is 596 g/mol. The van der Waals surface area contributed by atoms with Crippen LogP contribution in [-0.4, -0.2) is 28.5 Å². The van der Waals surface area contributed by atoms with Gasteiger partial charge in [-0.05, 0) is 65.1 Å². The molecule has 1 aromatic heterocycles. The van der Waals surface area contributed by atoms with E-state index >= 15 is 0 Å². The highest BCUT2D eigenvalue weighted by Crippen LogP contribution is 2.37. The third-order valence-electron chi connectivity index (χ3n) is 8.23. The highest BCUT2D eigenvalue weighted by atomic mass is 32.1. The quantitative estimate of drug-likeness (QED) is 0.192. The minimum absolute atomic E-state index is 0.0983. The van der Waals surface area contributed by atoms with Crippen LogP contribution in [0.2, 0.25) is 0 Å². The van der Waals surface area contributed by atoms with E-state index in [1.807, 2.05) is 12.1 Å². The van der Waals surface area contributed by atoms with Crippen LogP contribution in [0.1, 0.15) is 92.3 Å². The molecule has 0 bridgehead atoms. The molecule has 1 saturated carbocycles. The van der Waals surface area contributed by atoms with E-state index < -0.39 is 5.97 Å². The first-order valence-corrected chi connectivity index (χ1v) is 16.1. The molecule has 1 aliphatic carbocycles. The van der Waals surface area contributed by atoms with Crippen LogP contribution in [-0.2, 0) is 16.8 Å². The van der Waals surface area contributed by atoms with Crippen LogP contribution >= 0.6 is 11.3 Å². The van der Waals surface area contributed by atoms with E-state index in [9.17, 15) is 9.59 Å².